The molecule has 0 aromatic carbocycles. The number of rotatable bonds is 0. The summed E-state index contributed by atoms with van der Waals surface area (Å²) in [6, 6.07) is 0. The lowest BCUT2D eigenvalue weighted by atomic mass is 10.2. The normalized spacial score (nSPS) is 19.2. The fourth-order valence-electron chi connectivity index (χ4n) is 0.661. The quantitative estimate of drug-likeness (QED) is 0.485. The van der Waals surface area contributed by atoms with Crippen LogP contribution in [0, 0.1) is 0 Å². The second-order valence-electron chi connectivity index (χ2n) is 1.99. The second kappa shape index (κ2) is 4.78. The molecule has 0 saturated heterocycles. The Morgan fingerprint density at radius 1 is 1.30 bits per heavy atom. The number of allylic oxidation sites excluding steroid dienone is 1. The van der Waals surface area contributed by atoms with Crippen molar-refractivity contribution in [2.24, 2.45) is 10.4 Å². The van der Waals surface area contributed by atoms with E-state index in [1.807, 2.05) is 6.08 Å². The predicted molar refractivity (Wildman–Crippen MR) is 34.9 cm³/mol. The molecule has 0 saturated carbocycles. The summed E-state index contributed by atoms with van der Waals surface area (Å²) >= 11 is 0. The van der Waals surface area contributed by atoms with E-state index >= 15 is 0 Å². The van der Waals surface area contributed by atoms with E-state index in [0.29, 0.717) is 0 Å². The van der Waals surface area contributed by atoms with Gasteiger partial charge in [-0.05, 0) is 25.3 Å². The maximum absolute atomic E-state index is 4.47. The molecular weight excluding hydrogens is 132 g/mol. The first kappa shape index (κ1) is 7.05. The Hall–Kier alpha value is -1.06. The van der Waals surface area contributed by atoms with Crippen LogP contribution in [0.4, 0.5) is 0 Å². The zero-order valence-corrected chi connectivity index (χ0v) is 5.69. The largest absolute Gasteiger partial charge is 0.274 e. The van der Waals surface area contributed by atoms with Gasteiger partial charge in [-0.1, -0.05) is 0 Å². The zero-order valence-electron chi connectivity index (χ0n) is 5.69. The number of hydrogen-bond donors (Lipinski definition) is 0. The van der Waals surface area contributed by atoms with Gasteiger partial charge in [-0.3, -0.25) is 4.89 Å². The molecule has 10 heavy (non-hydrogen) atoms. The molecule has 1 aliphatic rings. The Bertz CT molecular complexity index is 118. The van der Waals surface area contributed by atoms with Crippen LogP contribution in [0.1, 0.15) is 19.3 Å². The van der Waals surface area contributed by atoms with Crippen molar-refractivity contribution in [3.8, 4) is 0 Å². The van der Waals surface area contributed by atoms with Gasteiger partial charge in [0, 0.05) is 0 Å². The van der Waals surface area contributed by atoms with Gasteiger partial charge in [-0.25, -0.2) is 0 Å². The molecule has 0 atom stereocenters. The summed E-state index contributed by atoms with van der Waals surface area (Å²) in [5, 5.41) is 6.96. The fourth-order valence-corrected chi connectivity index (χ4v) is 0.661. The average molecular weight is 142 g/mol. The van der Waals surface area contributed by atoms with Crippen LogP contribution in [-0.4, -0.2) is 6.54 Å². The second-order valence-corrected chi connectivity index (χ2v) is 1.99. The number of hydrogen-bond acceptors (Lipinski definition) is 4. The van der Waals surface area contributed by atoms with Crippen molar-refractivity contribution in [1.29, 1.82) is 0 Å². The van der Waals surface area contributed by atoms with Crippen molar-refractivity contribution < 1.29 is 9.88 Å². The van der Waals surface area contributed by atoms with Crippen molar-refractivity contribution in [2.75, 3.05) is 6.54 Å². The molecule has 4 nitrogen and oxygen atoms in total. The van der Waals surface area contributed by atoms with E-state index in [-0.39, 0.29) is 0 Å². The molecule has 0 fully saturated rings. The molecular formula is C6H10N2O2. The highest BCUT2D eigenvalue weighted by molar-refractivity contribution is 4.72. The van der Waals surface area contributed by atoms with E-state index in [4.69, 9.17) is 0 Å². The van der Waals surface area contributed by atoms with Gasteiger partial charge in [0.2, 0.25) is 0 Å². The van der Waals surface area contributed by atoms with E-state index < -0.39 is 0 Å². The summed E-state index contributed by atoms with van der Waals surface area (Å²) < 4.78 is 0. The third-order valence-corrected chi connectivity index (χ3v) is 1.16. The van der Waals surface area contributed by atoms with Gasteiger partial charge in [-0.15, -0.1) is 10.1 Å². The predicted octanol–water partition coefficient (Wildman–Crippen LogP) is 2.00. The molecule has 4 heteroatoms. The van der Waals surface area contributed by atoms with Crippen molar-refractivity contribution in [2.45, 2.75) is 19.3 Å². The fraction of sp³-hybridized carbons (Fsp3) is 0.667. The summed E-state index contributed by atoms with van der Waals surface area (Å²) in [6.07, 6.45) is 6.57. The van der Waals surface area contributed by atoms with Crippen LogP contribution >= 0.6 is 0 Å². The first-order valence-electron chi connectivity index (χ1n) is 3.34. The first-order chi connectivity index (χ1) is 5.00. The van der Waals surface area contributed by atoms with E-state index in [9.17, 15) is 0 Å². The zero-order chi connectivity index (χ0) is 7.07. The highest BCUT2D eigenvalue weighted by Crippen LogP contribution is 1.99. The Kier molecular flexibility index (Phi) is 3.37. The van der Waals surface area contributed by atoms with Crippen molar-refractivity contribution in [3.05, 3.63) is 12.3 Å². The molecule has 0 amide bonds. The Morgan fingerprint density at radius 3 is 3.30 bits per heavy atom. The van der Waals surface area contributed by atoms with Crippen molar-refractivity contribution in [1.82, 2.24) is 0 Å². The van der Waals surface area contributed by atoms with Gasteiger partial charge < -0.3 is 0 Å². The lowest BCUT2D eigenvalue weighted by Crippen LogP contribution is -1.84. The molecule has 0 spiro atoms. The van der Waals surface area contributed by atoms with Gasteiger partial charge in [0.1, 0.15) is 6.26 Å². The van der Waals surface area contributed by atoms with E-state index in [0.717, 1.165) is 25.8 Å². The lowest BCUT2D eigenvalue weighted by molar-refractivity contribution is -0.257. The topological polar surface area (TPSA) is 43.2 Å². The van der Waals surface area contributed by atoms with Gasteiger partial charge in [0.25, 0.3) is 0 Å². The molecule has 0 aromatic rings. The van der Waals surface area contributed by atoms with E-state index in [1.165, 1.54) is 6.26 Å². The van der Waals surface area contributed by atoms with Gasteiger partial charge in [0.05, 0.1) is 11.8 Å². The van der Waals surface area contributed by atoms with Gasteiger partial charge in [-0.2, -0.15) is 0 Å². The Morgan fingerprint density at radius 2 is 2.30 bits per heavy atom. The van der Waals surface area contributed by atoms with Crippen molar-refractivity contribution in [3.63, 3.8) is 0 Å². The molecule has 0 N–H and O–H groups in total. The van der Waals surface area contributed by atoms with E-state index in [2.05, 4.69) is 20.3 Å². The lowest BCUT2D eigenvalue weighted by Gasteiger charge is -1.95. The minimum Gasteiger partial charge on any atom is -0.274 e. The van der Waals surface area contributed by atoms with Crippen LogP contribution in [0.15, 0.2) is 22.7 Å². The van der Waals surface area contributed by atoms with Crippen LogP contribution in [0.5, 0.6) is 0 Å². The molecule has 0 radical (unpaired) electrons. The third kappa shape index (κ3) is 3.06. The Labute approximate surface area is 59.4 Å². The van der Waals surface area contributed by atoms with Crippen LogP contribution in [0.2, 0.25) is 0 Å². The van der Waals surface area contributed by atoms with Gasteiger partial charge in [0.15, 0.2) is 0 Å². The number of nitrogens with zero attached hydrogens (tertiary/aromatic N) is 2. The van der Waals surface area contributed by atoms with E-state index in [1.54, 1.807) is 0 Å². The molecule has 1 heterocycles. The minimum absolute atomic E-state index is 0.719. The van der Waals surface area contributed by atoms with Crippen LogP contribution < -0.4 is 0 Å². The molecule has 0 aromatic heterocycles. The summed E-state index contributed by atoms with van der Waals surface area (Å²) in [7, 11) is 0. The summed E-state index contributed by atoms with van der Waals surface area (Å²) in [6.45, 7) is 0.719. The highest BCUT2D eigenvalue weighted by Gasteiger charge is 1.87. The standard InChI is InChI=1S/C6H10N2O2/c1-2-4-6-9-10-8-7-5-3-1/h4,6H,1-3,5H2. The smallest absolute Gasteiger partial charge is 0.141 e. The average Bonchev–Trinajstić information content (AvgIpc) is 2.01. The van der Waals surface area contributed by atoms with Gasteiger partial charge >= 0.3 is 0 Å². The Balaban J connectivity index is 2.23. The molecule has 0 aliphatic carbocycles. The monoisotopic (exact) mass is 142 g/mol. The molecule has 0 bridgehead atoms. The highest BCUT2D eigenvalue weighted by atomic mass is 17.3. The molecule has 1 rings (SSSR count). The summed E-state index contributed by atoms with van der Waals surface area (Å²) in [5.74, 6) is 0. The van der Waals surface area contributed by atoms with Crippen LogP contribution in [0.25, 0.3) is 0 Å². The summed E-state index contributed by atoms with van der Waals surface area (Å²) in [4.78, 5) is 8.75. The molecule has 1 aliphatic heterocycles. The molecule has 56 valence electrons. The summed E-state index contributed by atoms with van der Waals surface area (Å²) in [5.41, 5.74) is 0. The third-order valence-electron chi connectivity index (χ3n) is 1.16. The van der Waals surface area contributed by atoms with Crippen molar-refractivity contribution >= 4 is 0 Å². The van der Waals surface area contributed by atoms with Crippen LogP contribution in [-0.2, 0) is 9.88 Å². The first-order valence-corrected chi connectivity index (χ1v) is 3.34. The minimum atomic E-state index is 0.719. The maximum atomic E-state index is 4.47. The maximum Gasteiger partial charge on any atom is 0.141 e. The van der Waals surface area contributed by atoms with Crippen LogP contribution in [0.3, 0.4) is 0 Å². The molecule has 0 unspecified atom stereocenters. The SMILES string of the molecule is C1=COON=NCCCC1.